The van der Waals surface area contributed by atoms with Crippen LogP contribution in [0.3, 0.4) is 0 Å². The first-order valence-corrected chi connectivity index (χ1v) is 13.4. The minimum atomic E-state index is -1.53. The number of allylic oxidation sites excluding steroid dienone is 2. The third kappa shape index (κ3) is 12.2. The maximum absolute atomic E-state index is 13.2. The summed E-state index contributed by atoms with van der Waals surface area (Å²) < 4.78 is 31.1. The lowest BCUT2D eigenvalue weighted by atomic mass is 9.82. The molecule has 0 saturated carbocycles. The lowest BCUT2D eigenvalue weighted by Gasteiger charge is -2.33. The topological polar surface area (TPSA) is 201 Å². The Morgan fingerprint density at radius 1 is 0.659 bits per heavy atom. The molecule has 0 amide bonds. The standard InChI is InChI=1S/C30H40O14/c1-5-23(33)39-15-29(13-31,16-40-24(34)6-2)19-43-27(37)21-11-9-10-12-22(21)28(38)44-20-30(14-32,17-41-25(35)7-3)18-42-26(36)8-4/h5-10,21-23,31-33H,1-4,11-20H2. The highest BCUT2D eigenvalue weighted by molar-refractivity contribution is 5.83. The van der Waals surface area contributed by atoms with Gasteiger partial charge in [0, 0.05) is 18.2 Å². The summed E-state index contributed by atoms with van der Waals surface area (Å²) in [4.78, 5) is 61.3. The molecule has 1 aliphatic carbocycles. The number of ether oxygens (including phenoxy) is 6. The second-order valence-corrected chi connectivity index (χ2v) is 10.1. The van der Waals surface area contributed by atoms with Gasteiger partial charge in [0.1, 0.15) is 33.0 Å². The molecule has 0 radical (unpaired) electrons. The average Bonchev–Trinajstić information content (AvgIpc) is 3.06. The van der Waals surface area contributed by atoms with E-state index in [0.29, 0.717) is 0 Å². The zero-order valence-corrected chi connectivity index (χ0v) is 24.4. The van der Waals surface area contributed by atoms with Gasteiger partial charge in [-0.15, -0.1) is 0 Å². The van der Waals surface area contributed by atoms with Crippen molar-refractivity contribution >= 4 is 29.8 Å². The average molecular weight is 625 g/mol. The molecule has 4 unspecified atom stereocenters. The second kappa shape index (κ2) is 19.2. The van der Waals surface area contributed by atoms with E-state index in [4.69, 9.17) is 28.4 Å². The number of esters is 5. The summed E-state index contributed by atoms with van der Waals surface area (Å²) in [5, 5.41) is 29.9. The highest BCUT2D eigenvalue weighted by Crippen LogP contribution is 2.30. The molecule has 0 saturated heterocycles. The van der Waals surface area contributed by atoms with E-state index < -0.39 is 112 Å². The molecule has 1 aliphatic rings. The van der Waals surface area contributed by atoms with Crippen LogP contribution in [0.2, 0.25) is 0 Å². The number of rotatable bonds is 21. The Hall–Kier alpha value is -4.11. The molecule has 0 heterocycles. The normalized spacial score (nSPS) is 18.0. The number of aliphatic hydroxyl groups excluding tert-OH is 3. The fourth-order valence-corrected chi connectivity index (χ4v) is 3.70. The number of aliphatic hydroxyl groups is 3. The molecule has 14 nitrogen and oxygen atoms in total. The molecule has 14 heteroatoms. The van der Waals surface area contributed by atoms with Crippen LogP contribution >= 0.6 is 0 Å². The van der Waals surface area contributed by atoms with Gasteiger partial charge >= 0.3 is 29.8 Å². The largest absolute Gasteiger partial charge is 0.465 e. The summed E-state index contributed by atoms with van der Waals surface area (Å²) in [5.41, 5.74) is -3.02. The molecule has 0 aliphatic heterocycles. The predicted octanol–water partition coefficient (Wildman–Crippen LogP) is 0.321. The van der Waals surface area contributed by atoms with Gasteiger partial charge in [0.05, 0.1) is 42.5 Å². The van der Waals surface area contributed by atoms with Gasteiger partial charge in [0.2, 0.25) is 0 Å². The SMILES string of the molecule is C=CC(=O)OCC(CO)(COC(=O)C=C)COC(=O)C1CC=CCC1C(=O)OCC(CO)(COC(=O)C=C)COC(O)C=C. The van der Waals surface area contributed by atoms with E-state index in [2.05, 4.69) is 26.3 Å². The molecule has 0 aromatic rings. The molecular weight excluding hydrogens is 584 g/mol. The van der Waals surface area contributed by atoms with Crippen molar-refractivity contribution in [1.82, 2.24) is 0 Å². The van der Waals surface area contributed by atoms with Crippen LogP contribution in [0.5, 0.6) is 0 Å². The van der Waals surface area contributed by atoms with Crippen LogP contribution in [0.1, 0.15) is 12.8 Å². The Kier molecular flexibility index (Phi) is 16.6. The molecule has 0 aromatic heterocycles. The smallest absolute Gasteiger partial charge is 0.330 e. The van der Waals surface area contributed by atoms with E-state index in [1.165, 1.54) is 0 Å². The molecular formula is C30H40O14. The number of hydrogen-bond donors (Lipinski definition) is 3. The van der Waals surface area contributed by atoms with E-state index in [-0.39, 0.29) is 12.8 Å². The Bertz CT molecular complexity index is 1060. The van der Waals surface area contributed by atoms with Gasteiger partial charge in [-0.2, -0.15) is 0 Å². The molecule has 0 aromatic carbocycles. The first kappa shape index (κ1) is 37.9. The van der Waals surface area contributed by atoms with Crippen molar-refractivity contribution in [3.05, 3.63) is 62.8 Å². The number of carbonyl (C=O) groups is 5. The van der Waals surface area contributed by atoms with E-state index in [0.717, 1.165) is 24.3 Å². The molecule has 0 fully saturated rings. The Morgan fingerprint density at radius 3 is 1.32 bits per heavy atom. The van der Waals surface area contributed by atoms with Crippen LogP contribution < -0.4 is 0 Å². The molecule has 0 bridgehead atoms. The van der Waals surface area contributed by atoms with Crippen molar-refractivity contribution in [3.63, 3.8) is 0 Å². The van der Waals surface area contributed by atoms with Crippen LogP contribution in [0.15, 0.2) is 62.8 Å². The lowest BCUT2D eigenvalue weighted by Crippen LogP contribution is -2.45. The van der Waals surface area contributed by atoms with Crippen molar-refractivity contribution < 1.29 is 67.7 Å². The minimum Gasteiger partial charge on any atom is -0.465 e. The van der Waals surface area contributed by atoms with Crippen molar-refractivity contribution in [1.29, 1.82) is 0 Å². The fraction of sp³-hybridized carbons (Fsp3) is 0.500. The summed E-state index contributed by atoms with van der Waals surface area (Å²) in [6.45, 7) is 8.91. The van der Waals surface area contributed by atoms with Gasteiger partial charge in [-0.05, 0) is 18.9 Å². The van der Waals surface area contributed by atoms with Gasteiger partial charge in [-0.25, -0.2) is 14.4 Å². The minimum absolute atomic E-state index is 0.0956. The Labute approximate surface area is 255 Å². The van der Waals surface area contributed by atoms with Gasteiger partial charge in [-0.1, -0.05) is 38.5 Å². The van der Waals surface area contributed by atoms with Gasteiger partial charge in [0.25, 0.3) is 0 Å². The van der Waals surface area contributed by atoms with Crippen molar-refractivity contribution in [3.8, 4) is 0 Å². The molecule has 4 atom stereocenters. The number of hydrogen-bond acceptors (Lipinski definition) is 14. The molecule has 1 rings (SSSR count). The highest BCUT2D eigenvalue weighted by Gasteiger charge is 2.41. The predicted molar refractivity (Wildman–Crippen MR) is 152 cm³/mol. The molecule has 44 heavy (non-hydrogen) atoms. The maximum atomic E-state index is 13.2. The first-order valence-electron chi connectivity index (χ1n) is 13.4. The third-order valence-electron chi connectivity index (χ3n) is 6.57. The number of carbonyl (C=O) groups excluding carboxylic acids is 5. The molecule has 0 spiro atoms. The summed E-state index contributed by atoms with van der Waals surface area (Å²) in [7, 11) is 0. The Balaban J connectivity index is 3.05. The van der Waals surface area contributed by atoms with Gasteiger partial charge in [0.15, 0.2) is 6.29 Å². The van der Waals surface area contributed by atoms with Crippen LogP contribution in [0, 0.1) is 22.7 Å². The van der Waals surface area contributed by atoms with Crippen LogP contribution in [0.25, 0.3) is 0 Å². The van der Waals surface area contributed by atoms with E-state index in [9.17, 15) is 39.3 Å². The Morgan fingerprint density at radius 2 is 1.00 bits per heavy atom. The van der Waals surface area contributed by atoms with Gasteiger partial charge in [-0.3, -0.25) is 9.59 Å². The van der Waals surface area contributed by atoms with E-state index in [1.807, 2.05) is 0 Å². The van der Waals surface area contributed by atoms with E-state index >= 15 is 0 Å². The molecule has 3 N–H and O–H groups in total. The van der Waals surface area contributed by atoms with Crippen molar-refractivity contribution in [2.45, 2.75) is 19.1 Å². The quantitative estimate of drug-likeness (QED) is 0.0518. The zero-order chi connectivity index (χ0) is 33.2. The lowest BCUT2D eigenvalue weighted by molar-refractivity contribution is -0.176. The highest BCUT2D eigenvalue weighted by atomic mass is 16.6. The van der Waals surface area contributed by atoms with Crippen LogP contribution in [-0.2, 0) is 52.4 Å². The van der Waals surface area contributed by atoms with Crippen molar-refractivity contribution in [2.75, 3.05) is 52.9 Å². The first-order chi connectivity index (χ1) is 20.9. The maximum Gasteiger partial charge on any atom is 0.330 e. The van der Waals surface area contributed by atoms with E-state index in [1.54, 1.807) is 12.2 Å². The monoisotopic (exact) mass is 624 g/mol. The fourth-order valence-electron chi connectivity index (χ4n) is 3.70. The van der Waals surface area contributed by atoms with Crippen LogP contribution in [-0.4, -0.2) is 104 Å². The van der Waals surface area contributed by atoms with Gasteiger partial charge < -0.3 is 43.7 Å². The summed E-state index contributed by atoms with van der Waals surface area (Å²) in [5.74, 6) is -6.20. The zero-order valence-electron chi connectivity index (χ0n) is 24.4. The summed E-state index contributed by atoms with van der Waals surface area (Å²) in [6.07, 6.45) is 5.87. The summed E-state index contributed by atoms with van der Waals surface area (Å²) in [6, 6.07) is 0. The third-order valence-corrected chi connectivity index (χ3v) is 6.57. The summed E-state index contributed by atoms with van der Waals surface area (Å²) >= 11 is 0. The second-order valence-electron chi connectivity index (χ2n) is 10.1. The molecule has 244 valence electrons. The van der Waals surface area contributed by atoms with Crippen LogP contribution in [0.4, 0.5) is 0 Å². The van der Waals surface area contributed by atoms with Crippen molar-refractivity contribution in [2.24, 2.45) is 22.7 Å².